The smallest absolute Gasteiger partial charge is 0.244 e. The van der Waals surface area contributed by atoms with Crippen LogP contribution in [0.2, 0.25) is 0 Å². The molecule has 1 aromatic carbocycles. The number of nitrogens with zero attached hydrogens (tertiary/aromatic N) is 3. The molecule has 1 fully saturated rings. The zero-order valence-electron chi connectivity index (χ0n) is 15.2. The highest BCUT2D eigenvalue weighted by atomic mass is 32.2. The van der Waals surface area contributed by atoms with Crippen LogP contribution in [0.4, 0.5) is 0 Å². The lowest BCUT2D eigenvalue weighted by Gasteiger charge is -2.39. The minimum atomic E-state index is -0.347. The van der Waals surface area contributed by atoms with Crippen LogP contribution in [0, 0.1) is 5.41 Å². The number of hydrogen-bond donors (Lipinski definition) is 2. The summed E-state index contributed by atoms with van der Waals surface area (Å²) in [4.78, 5) is 19.0. The molecule has 140 valence electrons. The third-order valence-corrected chi connectivity index (χ3v) is 5.57. The molecule has 8 heteroatoms. The van der Waals surface area contributed by atoms with Gasteiger partial charge in [-0.2, -0.15) is 4.99 Å². The van der Waals surface area contributed by atoms with Crippen LogP contribution in [-0.4, -0.2) is 58.8 Å². The largest absolute Gasteiger partial charge is 0.493 e. The molecule has 1 saturated heterocycles. The van der Waals surface area contributed by atoms with Crippen molar-refractivity contribution in [1.29, 1.82) is 5.41 Å². The van der Waals surface area contributed by atoms with E-state index in [0.717, 1.165) is 56.7 Å². The van der Waals surface area contributed by atoms with Crippen molar-refractivity contribution in [2.24, 2.45) is 10.7 Å². The zero-order valence-corrected chi connectivity index (χ0v) is 16.0. The Morgan fingerprint density at radius 1 is 1.35 bits per heavy atom. The first kappa shape index (κ1) is 18.7. The van der Waals surface area contributed by atoms with Crippen molar-refractivity contribution in [2.75, 3.05) is 32.8 Å². The van der Waals surface area contributed by atoms with Gasteiger partial charge in [0.2, 0.25) is 5.91 Å². The minimum Gasteiger partial charge on any atom is -0.493 e. The molecule has 3 N–H and O–H groups in total. The molecule has 0 bridgehead atoms. The van der Waals surface area contributed by atoms with Crippen LogP contribution in [-0.2, 0) is 11.2 Å². The summed E-state index contributed by atoms with van der Waals surface area (Å²) in [5.41, 5.74) is 8.24. The molecule has 0 aromatic heterocycles. The second-order valence-corrected chi connectivity index (χ2v) is 7.55. The van der Waals surface area contributed by atoms with Gasteiger partial charge in [-0.1, -0.05) is 12.1 Å². The molecule has 1 unspecified atom stereocenters. The number of carbonyl (C=O) groups excluding carboxylic acids is 1. The Bertz CT molecular complexity index is 728. The zero-order chi connectivity index (χ0) is 18.7. The summed E-state index contributed by atoms with van der Waals surface area (Å²) in [6.45, 7) is 7.58. The van der Waals surface area contributed by atoms with Crippen LogP contribution in [0.3, 0.4) is 0 Å². The maximum absolute atomic E-state index is 11.0. The Balaban J connectivity index is 1.54. The number of benzene rings is 1. The number of hydrogen-bond acceptors (Lipinski definition) is 5. The Kier molecular flexibility index (Phi) is 5.83. The Morgan fingerprint density at radius 2 is 2.08 bits per heavy atom. The summed E-state index contributed by atoms with van der Waals surface area (Å²) in [7, 11) is 0. The lowest BCUT2D eigenvalue weighted by Crippen LogP contribution is -2.48. The molecule has 26 heavy (non-hydrogen) atoms. The van der Waals surface area contributed by atoms with E-state index < -0.39 is 0 Å². The maximum Gasteiger partial charge on any atom is 0.244 e. The Hall–Kier alpha value is -2.06. The molecule has 1 atom stereocenters. The van der Waals surface area contributed by atoms with Crippen molar-refractivity contribution in [2.45, 2.75) is 26.3 Å². The van der Waals surface area contributed by atoms with E-state index in [1.165, 1.54) is 18.1 Å². The number of ether oxygens (including phenoxy) is 1. The van der Waals surface area contributed by atoms with Crippen LogP contribution in [0.15, 0.2) is 23.2 Å². The highest BCUT2D eigenvalue weighted by Crippen LogP contribution is 2.31. The summed E-state index contributed by atoms with van der Waals surface area (Å²) in [6, 6.07) is 6.84. The first-order valence-electron chi connectivity index (χ1n) is 8.80. The molecule has 2 heterocycles. The van der Waals surface area contributed by atoms with Gasteiger partial charge in [-0.05, 0) is 35.9 Å². The topological polar surface area (TPSA) is 95.0 Å². The van der Waals surface area contributed by atoms with E-state index in [1.807, 2.05) is 4.90 Å². The molecule has 1 amide bonds. The summed E-state index contributed by atoms with van der Waals surface area (Å²) < 4.78 is 5.68. The predicted molar refractivity (Wildman–Crippen MR) is 105 cm³/mol. The van der Waals surface area contributed by atoms with Crippen LogP contribution < -0.4 is 10.5 Å². The van der Waals surface area contributed by atoms with Gasteiger partial charge in [0.15, 0.2) is 10.3 Å². The monoisotopic (exact) mass is 375 g/mol. The maximum atomic E-state index is 11.0. The van der Waals surface area contributed by atoms with Crippen LogP contribution in [0.5, 0.6) is 5.75 Å². The molecule has 0 aliphatic carbocycles. The van der Waals surface area contributed by atoms with E-state index in [1.54, 1.807) is 0 Å². The first-order valence-corrected chi connectivity index (χ1v) is 9.61. The number of amides is 1. The van der Waals surface area contributed by atoms with Crippen molar-refractivity contribution in [3.63, 3.8) is 0 Å². The lowest BCUT2D eigenvalue weighted by atomic mass is 10.0. The first-order chi connectivity index (χ1) is 12.4. The number of rotatable bonds is 2. The molecule has 3 rings (SSSR count). The van der Waals surface area contributed by atoms with E-state index in [9.17, 15) is 4.79 Å². The number of piperazine rings is 1. The van der Waals surface area contributed by atoms with E-state index in [0.29, 0.717) is 11.2 Å². The number of aliphatic imine (C=N–C) groups is 1. The van der Waals surface area contributed by atoms with E-state index >= 15 is 0 Å². The summed E-state index contributed by atoms with van der Waals surface area (Å²) >= 11 is 1.04. The SMILES string of the molecule is CC(=O)N=C(N)SC(=N)N1CCN(C(C)c2ccc3c(c2)OCC3)CC1. The van der Waals surface area contributed by atoms with Crippen LogP contribution in [0.25, 0.3) is 0 Å². The van der Waals surface area contributed by atoms with Crippen LogP contribution in [0.1, 0.15) is 31.0 Å². The normalized spacial score (nSPS) is 19.0. The fourth-order valence-electron chi connectivity index (χ4n) is 3.31. The second kappa shape index (κ2) is 8.09. The van der Waals surface area contributed by atoms with Crippen molar-refractivity contribution >= 4 is 28.0 Å². The molecule has 0 saturated carbocycles. The molecular weight excluding hydrogens is 350 g/mol. The van der Waals surface area contributed by atoms with Crippen molar-refractivity contribution in [3.8, 4) is 5.75 Å². The fourth-order valence-corrected chi connectivity index (χ4v) is 3.99. The van der Waals surface area contributed by atoms with Gasteiger partial charge < -0.3 is 15.4 Å². The summed E-state index contributed by atoms with van der Waals surface area (Å²) in [6.07, 6.45) is 0.999. The second-order valence-electron chi connectivity index (χ2n) is 6.54. The van der Waals surface area contributed by atoms with Crippen molar-refractivity contribution < 1.29 is 9.53 Å². The van der Waals surface area contributed by atoms with Gasteiger partial charge in [0.25, 0.3) is 0 Å². The molecule has 2 aliphatic rings. The van der Waals surface area contributed by atoms with E-state index in [2.05, 4.69) is 35.0 Å². The highest BCUT2D eigenvalue weighted by Gasteiger charge is 2.25. The highest BCUT2D eigenvalue weighted by molar-refractivity contribution is 8.26. The fraction of sp³-hybridized carbons (Fsp3) is 0.500. The standard InChI is InChI=1S/C18H25N5O2S/c1-12(15-4-3-14-5-10-25-16(14)11-15)22-6-8-23(9-7-22)18(20)26-17(19)21-13(2)24/h3-4,11-12,20H,5-10H2,1-2H3,(H2,19,21,24). The van der Waals surface area contributed by atoms with Gasteiger partial charge >= 0.3 is 0 Å². The lowest BCUT2D eigenvalue weighted by molar-refractivity contribution is -0.115. The van der Waals surface area contributed by atoms with Gasteiger partial charge in [-0.3, -0.25) is 15.1 Å². The number of amidine groups is 2. The third-order valence-electron chi connectivity index (χ3n) is 4.82. The molecule has 0 radical (unpaired) electrons. The quantitative estimate of drug-likeness (QED) is 0.605. The molecule has 1 aromatic rings. The summed E-state index contributed by atoms with van der Waals surface area (Å²) in [5.74, 6) is 0.672. The third kappa shape index (κ3) is 4.37. The molecular formula is C18H25N5O2S. The van der Waals surface area contributed by atoms with E-state index in [4.69, 9.17) is 15.9 Å². The van der Waals surface area contributed by atoms with Gasteiger partial charge in [-0.25, -0.2) is 0 Å². The minimum absolute atomic E-state index is 0.122. The number of carbonyl (C=O) groups is 1. The predicted octanol–water partition coefficient (Wildman–Crippen LogP) is 1.83. The molecule has 0 spiro atoms. The van der Waals surface area contributed by atoms with E-state index in [-0.39, 0.29) is 11.1 Å². The Morgan fingerprint density at radius 3 is 2.77 bits per heavy atom. The number of thioether (sulfide) groups is 1. The Labute approximate surface area is 158 Å². The number of fused-ring (bicyclic) bond motifs is 1. The van der Waals surface area contributed by atoms with Gasteiger partial charge in [0, 0.05) is 45.6 Å². The van der Waals surface area contributed by atoms with Crippen molar-refractivity contribution in [3.05, 3.63) is 29.3 Å². The average molecular weight is 375 g/mol. The van der Waals surface area contributed by atoms with Crippen molar-refractivity contribution in [1.82, 2.24) is 9.80 Å². The van der Waals surface area contributed by atoms with Gasteiger partial charge in [0.05, 0.1) is 6.61 Å². The molecule has 2 aliphatic heterocycles. The summed E-state index contributed by atoms with van der Waals surface area (Å²) in [5, 5.41) is 8.62. The molecule has 7 nitrogen and oxygen atoms in total. The number of nitrogens with one attached hydrogen (secondary N) is 1. The average Bonchev–Trinajstić information content (AvgIpc) is 3.08. The number of nitrogens with two attached hydrogens (primary N) is 1. The van der Waals surface area contributed by atoms with Gasteiger partial charge in [-0.15, -0.1) is 0 Å². The van der Waals surface area contributed by atoms with Crippen LogP contribution >= 0.6 is 11.8 Å². The van der Waals surface area contributed by atoms with Gasteiger partial charge in [0.1, 0.15) is 5.75 Å².